The number of phosphoric ester groups is 1. The number of nitrogens with two attached hydrogens (primary N) is 1. The van der Waals surface area contributed by atoms with Gasteiger partial charge < -0.3 is 20.1 Å². The SMILES string of the molecule is CC/C=C\C/C=C\C/C=C\C/C=C\C/C=C\C/C=C\CCCCCCCCC(=O)OC(COC(=O)CCCCCCCC/C=C\C/C=C\C/C=C\CCCCC)COP(=O)(O)OCCN. The van der Waals surface area contributed by atoms with Gasteiger partial charge in [0.1, 0.15) is 6.61 Å². The Bertz CT molecular complexity index is 1430. The van der Waals surface area contributed by atoms with Gasteiger partial charge in [0.2, 0.25) is 0 Å². The van der Waals surface area contributed by atoms with Crippen molar-refractivity contribution in [1.82, 2.24) is 0 Å². The Morgan fingerprint density at radius 3 is 1.26 bits per heavy atom. The smallest absolute Gasteiger partial charge is 0.462 e. The number of carbonyl (C=O) groups excluding carboxylic acids is 2. The van der Waals surface area contributed by atoms with Crippen molar-refractivity contribution in [2.75, 3.05) is 26.4 Å². The number of esters is 2. The maximum Gasteiger partial charge on any atom is 0.472 e. The first-order valence-electron chi connectivity index (χ1n) is 25.4. The molecule has 0 heterocycles. The highest BCUT2D eigenvalue weighted by Crippen LogP contribution is 2.43. The van der Waals surface area contributed by atoms with E-state index in [1.807, 2.05) is 0 Å². The first kappa shape index (κ1) is 61.7. The zero-order chi connectivity index (χ0) is 47.4. The van der Waals surface area contributed by atoms with Crippen LogP contribution in [0.1, 0.15) is 194 Å². The number of hydrogen-bond acceptors (Lipinski definition) is 8. The van der Waals surface area contributed by atoms with E-state index in [2.05, 4.69) is 123 Å². The van der Waals surface area contributed by atoms with Gasteiger partial charge in [0.15, 0.2) is 6.10 Å². The predicted octanol–water partition coefficient (Wildman–Crippen LogP) is 15.5. The van der Waals surface area contributed by atoms with E-state index in [1.54, 1.807) is 0 Å². The summed E-state index contributed by atoms with van der Waals surface area (Å²) in [4.78, 5) is 35.1. The Morgan fingerprint density at radius 2 is 0.846 bits per heavy atom. The fourth-order valence-corrected chi connectivity index (χ4v) is 7.17. The van der Waals surface area contributed by atoms with Gasteiger partial charge >= 0.3 is 19.8 Å². The zero-order valence-corrected chi connectivity index (χ0v) is 41.8. The van der Waals surface area contributed by atoms with Crippen LogP contribution in [-0.2, 0) is 32.7 Å². The van der Waals surface area contributed by atoms with Gasteiger partial charge in [-0.3, -0.25) is 18.6 Å². The molecule has 3 N–H and O–H groups in total. The van der Waals surface area contributed by atoms with Crippen LogP contribution in [-0.4, -0.2) is 49.3 Å². The molecule has 65 heavy (non-hydrogen) atoms. The monoisotopic (exact) mass is 926 g/mol. The minimum atomic E-state index is -4.40. The highest BCUT2D eigenvalue weighted by atomic mass is 31.2. The van der Waals surface area contributed by atoms with Gasteiger partial charge in [0, 0.05) is 19.4 Å². The minimum Gasteiger partial charge on any atom is -0.462 e. The first-order chi connectivity index (χ1) is 31.8. The molecule has 0 aliphatic rings. The molecule has 0 saturated carbocycles. The normalized spacial score (nSPS) is 14.1. The summed E-state index contributed by atoms with van der Waals surface area (Å²) in [5.41, 5.74) is 5.36. The summed E-state index contributed by atoms with van der Waals surface area (Å²) in [5.74, 6) is -0.868. The minimum absolute atomic E-state index is 0.0423. The molecule has 0 spiro atoms. The molecule has 0 aromatic rings. The summed E-state index contributed by atoms with van der Waals surface area (Å²) in [6, 6.07) is 0. The van der Waals surface area contributed by atoms with Crippen molar-refractivity contribution in [3.8, 4) is 0 Å². The third-order valence-corrected chi connectivity index (χ3v) is 11.1. The summed E-state index contributed by atoms with van der Waals surface area (Å²) >= 11 is 0. The molecule has 0 aliphatic carbocycles. The molecular weight excluding hydrogens is 834 g/mol. The van der Waals surface area contributed by atoms with Crippen LogP contribution in [0.4, 0.5) is 0 Å². The molecule has 0 amide bonds. The fourth-order valence-electron chi connectivity index (χ4n) is 6.41. The number of allylic oxidation sites excluding steroid dienone is 18. The number of hydrogen-bond donors (Lipinski definition) is 2. The average Bonchev–Trinajstić information content (AvgIpc) is 3.30. The molecule has 370 valence electrons. The maximum atomic E-state index is 12.7. The molecule has 2 unspecified atom stereocenters. The largest absolute Gasteiger partial charge is 0.472 e. The van der Waals surface area contributed by atoms with E-state index >= 15 is 0 Å². The van der Waals surface area contributed by atoms with E-state index in [0.29, 0.717) is 12.8 Å². The van der Waals surface area contributed by atoms with Crippen molar-refractivity contribution < 1.29 is 37.6 Å². The summed E-state index contributed by atoms with van der Waals surface area (Å²) in [6.45, 7) is 3.55. The van der Waals surface area contributed by atoms with Crippen LogP contribution in [0.25, 0.3) is 0 Å². The van der Waals surface area contributed by atoms with E-state index in [9.17, 15) is 19.0 Å². The van der Waals surface area contributed by atoms with Crippen LogP contribution in [0.5, 0.6) is 0 Å². The Hall–Kier alpha value is -3.33. The lowest BCUT2D eigenvalue weighted by atomic mass is 10.1. The Labute approximate surface area is 397 Å². The van der Waals surface area contributed by atoms with E-state index < -0.39 is 32.5 Å². The third kappa shape index (κ3) is 49.9. The van der Waals surface area contributed by atoms with Gasteiger partial charge in [0.05, 0.1) is 13.2 Å². The second-order valence-electron chi connectivity index (χ2n) is 16.3. The predicted molar refractivity (Wildman–Crippen MR) is 275 cm³/mol. The lowest BCUT2D eigenvalue weighted by Crippen LogP contribution is -2.29. The van der Waals surface area contributed by atoms with Gasteiger partial charge in [-0.05, 0) is 103 Å². The molecule has 0 aliphatic heterocycles. The van der Waals surface area contributed by atoms with Crippen LogP contribution >= 0.6 is 7.82 Å². The molecule has 0 bridgehead atoms. The van der Waals surface area contributed by atoms with Gasteiger partial charge in [-0.25, -0.2) is 4.57 Å². The number of ether oxygens (including phenoxy) is 2. The third-order valence-electron chi connectivity index (χ3n) is 10.1. The number of rotatable bonds is 46. The molecule has 0 aromatic carbocycles. The molecule has 0 fully saturated rings. The topological polar surface area (TPSA) is 134 Å². The first-order valence-corrected chi connectivity index (χ1v) is 26.9. The van der Waals surface area contributed by atoms with Crippen LogP contribution < -0.4 is 5.73 Å². The van der Waals surface area contributed by atoms with E-state index in [1.165, 1.54) is 25.7 Å². The van der Waals surface area contributed by atoms with E-state index in [4.69, 9.17) is 24.3 Å². The molecule has 0 radical (unpaired) electrons. The Kier molecular flexibility index (Phi) is 47.5. The van der Waals surface area contributed by atoms with Gasteiger partial charge in [-0.2, -0.15) is 0 Å². The van der Waals surface area contributed by atoms with Gasteiger partial charge in [-0.15, -0.1) is 0 Å². The number of phosphoric acid groups is 1. The number of unbranched alkanes of at least 4 members (excludes halogenated alkanes) is 15. The Balaban J connectivity index is 4.16. The van der Waals surface area contributed by atoms with E-state index in [0.717, 1.165) is 128 Å². The standard InChI is InChI=1S/C55H92NO8P/c1-3-5-7-9-11-13-15-17-19-21-23-24-25-26-27-28-30-32-34-36-38-40-42-44-46-48-55(58)64-53(52-63-65(59,60)62-50-49-56)51-61-54(57)47-45-43-41-39-37-35-33-31-29-22-20-18-16-14-12-10-8-6-4-2/h5,7,11-14,17-20,23-24,26-27,29-32,53H,3-4,6,8-10,15-16,21-22,25,28,33-52,56H2,1-2H3,(H,59,60)/b7-5-,13-11-,14-12-,19-17-,20-18-,24-23-,27-26-,31-29-,32-30-. The van der Waals surface area contributed by atoms with Gasteiger partial charge in [-0.1, -0.05) is 187 Å². The van der Waals surface area contributed by atoms with Crippen molar-refractivity contribution in [1.29, 1.82) is 0 Å². The van der Waals surface area contributed by atoms with Crippen LogP contribution in [0.3, 0.4) is 0 Å². The molecular formula is C55H92NO8P. The van der Waals surface area contributed by atoms with E-state index in [-0.39, 0.29) is 32.6 Å². The maximum absolute atomic E-state index is 12.7. The Morgan fingerprint density at radius 1 is 0.477 bits per heavy atom. The quantitative estimate of drug-likeness (QED) is 0.0265. The molecule has 0 saturated heterocycles. The van der Waals surface area contributed by atoms with Gasteiger partial charge in [0.25, 0.3) is 0 Å². The van der Waals surface area contributed by atoms with Crippen molar-refractivity contribution in [2.24, 2.45) is 5.73 Å². The highest BCUT2D eigenvalue weighted by Gasteiger charge is 2.26. The lowest BCUT2D eigenvalue weighted by molar-refractivity contribution is -0.161. The summed E-state index contributed by atoms with van der Waals surface area (Å²) < 4.78 is 32.9. The van der Waals surface area contributed by atoms with Crippen LogP contribution in [0.2, 0.25) is 0 Å². The molecule has 2 atom stereocenters. The number of carbonyl (C=O) groups is 2. The zero-order valence-electron chi connectivity index (χ0n) is 40.9. The van der Waals surface area contributed by atoms with Crippen molar-refractivity contribution in [2.45, 2.75) is 200 Å². The average molecular weight is 926 g/mol. The molecule has 9 nitrogen and oxygen atoms in total. The molecule has 0 rings (SSSR count). The highest BCUT2D eigenvalue weighted by molar-refractivity contribution is 7.47. The lowest BCUT2D eigenvalue weighted by Gasteiger charge is -2.19. The molecule has 0 aromatic heterocycles. The summed E-state index contributed by atoms with van der Waals surface area (Å²) in [7, 11) is -4.40. The van der Waals surface area contributed by atoms with Crippen LogP contribution in [0.15, 0.2) is 109 Å². The summed E-state index contributed by atoms with van der Waals surface area (Å²) in [5, 5.41) is 0. The fraction of sp³-hybridized carbons (Fsp3) is 0.636. The summed E-state index contributed by atoms with van der Waals surface area (Å²) in [6.07, 6.45) is 66.9. The van der Waals surface area contributed by atoms with Crippen molar-refractivity contribution in [3.63, 3.8) is 0 Å². The van der Waals surface area contributed by atoms with Crippen molar-refractivity contribution >= 4 is 19.8 Å². The van der Waals surface area contributed by atoms with Crippen LogP contribution in [0, 0.1) is 0 Å². The molecule has 10 heteroatoms. The van der Waals surface area contributed by atoms with Crippen molar-refractivity contribution in [3.05, 3.63) is 109 Å². The second kappa shape index (κ2) is 50.1. The second-order valence-corrected chi connectivity index (χ2v) is 17.8.